The van der Waals surface area contributed by atoms with E-state index in [1.165, 1.54) is 12.1 Å². The van der Waals surface area contributed by atoms with Gasteiger partial charge in [0, 0.05) is 37.8 Å². The Kier molecular flexibility index (Phi) is 6.45. The normalized spacial score (nSPS) is 20.0. The van der Waals surface area contributed by atoms with Gasteiger partial charge in [0.2, 0.25) is 0 Å². The smallest absolute Gasteiger partial charge is 0.341 e. The Morgan fingerprint density at radius 2 is 2.00 bits per heavy atom. The first-order valence-corrected chi connectivity index (χ1v) is 9.55. The molecule has 1 aromatic carbocycles. The second kappa shape index (κ2) is 9.01. The zero-order valence-corrected chi connectivity index (χ0v) is 16.0. The number of hydrogen-bond acceptors (Lipinski definition) is 7. The summed E-state index contributed by atoms with van der Waals surface area (Å²) in [6.45, 7) is 4.44. The summed E-state index contributed by atoms with van der Waals surface area (Å²) in [4.78, 5) is 39.3. The zero-order valence-electron chi connectivity index (χ0n) is 16.0. The summed E-state index contributed by atoms with van der Waals surface area (Å²) >= 11 is 0. The lowest BCUT2D eigenvalue weighted by Crippen LogP contribution is -2.44. The Bertz CT molecular complexity index is 747. The predicted octanol–water partition coefficient (Wildman–Crippen LogP) is 1.99. The number of ether oxygens (including phenoxy) is 2. The maximum atomic E-state index is 12.7. The average molecular weight is 391 g/mol. The number of amides is 1. The highest BCUT2D eigenvalue weighted by Gasteiger charge is 2.26. The molecule has 152 valence electrons. The molecule has 2 heterocycles. The molecule has 0 aromatic heterocycles. The molecule has 3 rings (SSSR count). The third-order valence-corrected chi connectivity index (χ3v) is 5.21. The predicted molar refractivity (Wildman–Crippen MR) is 101 cm³/mol. The van der Waals surface area contributed by atoms with Crippen molar-refractivity contribution in [3.63, 3.8) is 0 Å². The van der Waals surface area contributed by atoms with E-state index in [-0.39, 0.29) is 29.8 Å². The van der Waals surface area contributed by atoms with Gasteiger partial charge in [-0.3, -0.25) is 14.9 Å². The van der Waals surface area contributed by atoms with E-state index in [1.807, 2.05) is 11.8 Å². The molecule has 2 aliphatic rings. The van der Waals surface area contributed by atoms with Crippen molar-refractivity contribution in [3.05, 3.63) is 33.9 Å². The maximum Gasteiger partial charge on any atom is 0.341 e. The molecule has 1 unspecified atom stereocenters. The van der Waals surface area contributed by atoms with Crippen molar-refractivity contribution in [2.45, 2.75) is 32.2 Å². The van der Waals surface area contributed by atoms with Crippen LogP contribution in [0, 0.1) is 10.1 Å². The summed E-state index contributed by atoms with van der Waals surface area (Å²) in [5.41, 5.74) is 0.452. The van der Waals surface area contributed by atoms with Crippen molar-refractivity contribution in [1.29, 1.82) is 0 Å². The van der Waals surface area contributed by atoms with E-state index in [0.717, 1.165) is 19.3 Å². The minimum Gasteiger partial charge on any atom is -0.452 e. The van der Waals surface area contributed by atoms with Crippen molar-refractivity contribution < 1.29 is 24.0 Å². The van der Waals surface area contributed by atoms with Crippen molar-refractivity contribution in [3.8, 4) is 0 Å². The summed E-state index contributed by atoms with van der Waals surface area (Å²) in [5.74, 6) is -0.970. The Hall–Kier alpha value is -2.68. The molecule has 1 amide bonds. The molecule has 0 radical (unpaired) electrons. The van der Waals surface area contributed by atoms with E-state index >= 15 is 0 Å². The molecule has 2 aliphatic heterocycles. The van der Waals surface area contributed by atoms with Crippen LogP contribution in [-0.2, 0) is 14.3 Å². The van der Waals surface area contributed by atoms with Crippen LogP contribution >= 0.6 is 0 Å². The van der Waals surface area contributed by atoms with E-state index in [9.17, 15) is 19.7 Å². The molecule has 1 atom stereocenters. The number of nitro benzene ring substituents is 1. The zero-order chi connectivity index (χ0) is 20.1. The van der Waals surface area contributed by atoms with Gasteiger partial charge in [0.25, 0.3) is 11.6 Å². The number of esters is 1. The van der Waals surface area contributed by atoms with Crippen LogP contribution in [0.15, 0.2) is 18.2 Å². The molecule has 9 heteroatoms. The number of nitro groups is 1. The third-order valence-electron chi connectivity index (χ3n) is 5.21. The molecule has 2 fully saturated rings. The van der Waals surface area contributed by atoms with Crippen LogP contribution < -0.4 is 4.90 Å². The largest absolute Gasteiger partial charge is 0.452 e. The van der Waals surface area contributed by atoms with Crippen molar-refractivity contribution in [2.24, 2.45) is 0 Å². The lowest BCUT2D eigenvalue weighted by Gasteiger charge is -2.33. The highest BCUT2D eigenvalue weighted by Crippen LogP contribution is 2.27. The Balaban J connectivity index is 1.74. The Morgan fingerprint density at radius 3 is 2.68 bits per heavy atom. The fourth-order valence-electron chi connectivity index (χ4n) is 3.64. The molecule has 1 aromatic rings. The number of benzene rings is 1. The molecular weight excluding hydrogens is 366 g/mol. The van der Waals surface area contributed by atoms with Gasteiger partial charge in [-0.2, -0.15) is 0 Å². The molecule has 0 spiro atoms. The maximum absolute atomic E-state index is 12.7. The van der Waals surface area contributed by atoms with Crippen LogP contribution in [0.4, 0.5) is 11.4 Å². The minimum atomic E-state index is -0.733. The van der Waals surface area contributed by atoms with Crippen LogP contribution in [-0.4, -0.2) is 67.2 Å². The highest BCUT2D eigenvalue weighted by molar-refractivity contribution is 5.97. The molecule has 0 bridgehead atoms. The van der Waals surface area contributed by atoms with Crippen LogP contribution in [0.5, 0.6) is 0 Å². The first kappa shape index (κ1) is 20.1. The fraction of sp³-hybridized carbons (Fsp3) is 0.579. The Labute approximate surface area is 163 Å². The van der Waals surface area contributed by atoms with Crippen LogP contribution in [0.2, 0.25) is 0 Å². The lowest BCUT2D eigenvalue weighted by molar-refractivity contribution is -0.384. The molecule has 0 saturated carbocycles. The molecule has 0 aliphatic carbocycles. The molecule has 28 heavy (non-hydrogen) atoms. The van der Waals surface area contributed by atoms with Crippen LogP contribution in [0.25, 0.3) is 0 Å². The third kappa shape index (κ3) is 4.59. The van der Waals surface area contributed by atoms with E-state index in [0.29, 0.717) is 38.5 Å². The lowest BCUT2D eigenvalue weighted by atomic mass is 10.0. The van der Waals surface area contributed by atoms with Crippen molar-refractivity contribution in [1.82, 2.24) is 4.90 Å². The highest BCUT2D eigenvalue weighted by atomic mass is 16.6. The van der Waals surface area contributed by atoms with Crippen molar-refractivity contribution in [2.75, 3.05) is 44.4 Å². The summed E-state index contributed by atoms with van der Waals surface area (Å²) in [6, 6.07) is 4.25. The van der Waals surface area contributed by atoms with Gasteiger partial charge in [0.1, 0.15) is 0 Å². The standard InChI is InChI=1S/C19H25N3O6/c1-14-4-2-3-7-21(14)18(23)13-28-19(24)16-12-15(22(25)26)5-6-17(16)20-8-10-27-11-9-20/h5-6,12,14H,2-4,7-11,13H2,1H3. The van der Waals surface area contributed by atoms with E-state index in [4.69, 9.17) is 9.47 Å². The van der Waals surface area contributed by atoms with Crippen molar-refractivity contribution >= 4 is 23.3 Å². The summed E-state index contributed by atoms with van der Waals surface area (Å²) in [7, 11) is 0. The fourth-order valence-corrected chi connectivity index (χ4v) is 3.64. The Morgan fingerprint density at radius 1 is 1.25 bits per heavy atom. The van der Waals surface area contributed by atoms with Gasteiger partial charge < -0.3 is 19.3 Å². The van der Waals surface area contributed by atoms with E-state index in [2.05, 4.69) is 0 Å². The monoisotopic (exact) mass is 391 g/mol. The average Bonchev–Trinajstić information content (AvgIpc) is 2.72. The van der Waals surface area contributed by atoms with Gasteiger partial charge in [0.15, 0.2) is 6.61 Å². The number of nitrogens with zero attached hydrogens (tertiary/aromatic N) is 3. The number of anilines is 1. The number of non-ortho nitro benzene ring substituents is 1. The second-order valence-corrected chi connectivity index (χ2v) is 7.07. The molecule has 9 nitrogen and oxygen atoms in total. The van der Waals surface area contributed by atoms with Gasteiger partial charge in [-0.25, -0.2) is 4.79 Å². The number of hydrogen-bond donors (Lipinski definition) is 0. The number of rotatable bonds is 5. The van der Waals surface area contributed by atoms with Gasteiger partial charge in [-0.15, -0.1) is 0 Å². The van der Waals surface area contributed by atoms with Crippen LogP contribution in [0.1, 0.15) is 36.5 Å². The van der Waals surface area contributed by atoms with Gasteiger partial charge in [-0.1, -0.05) is 0 Å². The van der Waals surface area contributed by atoms with E-state index < -0.39 is 10.9 Å². The number of piperidine rings is 1. The topological polar surface area (TPSA) is 102 Å². The van der Waals surface area contributed by atoms with Crippen LogP contribution in [0.3, 0.4) is 0 Å². The van der Waals surface area contributed by atoms with Gasteiger partial charge in [-0.05, 0) is 32.3 Å². The first-order chi connectivity index (χ1) is 13.5. The summed E-state index contributed by atoms with van der Waals surface area (Å²) in [5, 5.41) is 11.1. The summed E-state index contributed by atoms with van der Waals surface area (Å²) in [6.07, 6.45) is 2.96. The first-order valence-electron chi connectivity index (χ1n) is 9.55. The quantitative estimate of drug-likeness (QED) is 0.430. The number of carbonyl (C=O) groups excluding carboxylic acids is 2. The number of likely N-dealkylation sites (tertiary alicyclic amines) is 1. The van der Waals surface area contributed by atoms with Gasteiger partial charge >= 0.3 is 5.97 Å². The second-order valence-electron chi connectivity index (χ2n) is 7.07. The van der Waals surface area contributed by atoms with E-state index in [1.54, 1.807) is 11.0 Å². The number of carbonyl (C=O) groups is 2. The SMILES string of the molecule is CC1CCCCN1C(=O)COC(=O)c1cc([N+](=O)[O-])ccc1N1CCOCC1. The molecule has 0 N–H and O–H groups in total. The number of morpholine rings is 1. The summed E-state index contributed by atoms with van der Waals surface area (Å²) < 4.78 is 10.6. The minimum absolute atomic E-state index is 0.0931. The molecular formula is C19H25N3O6. The molecule has 2 saturated heterocycles. The van der Waals surface area contributed by atoms with Gasteiger partial charge in [0.05, 0.1) is 29.4 Å².